The lowest BCUT2D eigenvalue weighted by atomic mass is 10.0. The molecule has 0 atom stereocenters. The van der Waals surface area contributed by atoms with E-state index in [4.69, 9.17) is 4.98 Å². The summed E-state index contributed by atoms with van der Waals surface area (Å²) in [5.41, 5.74) is 2.75. The number of nitrogens with one attached hydrogen (secondary N) is 3. The maximum absolute atomic E-state index is 12.8. The molecule has 2 aromatic rings. The van der Waals surface area contributed by atoms with Crippen molar-refractivity contribution in [2.75, 3.05) is 49.3 Å². The molecular weight excluding hydrogens is 406 g/mol. The number of aromatic nitrogens is 2. The fourth-order valence-corrected chi connectivity index (χ4v) is 4.12. The number of anilines is 4. The van der Waals surface area contributed by atoms with Gasteiger partial charge < -0.3 is 25.8 Å². The van der Waals surface area contributed by atoms with Crippen LogP contribution in [0.15, 0.2) is 24.4 Å². The molecule has 1 aromatic carbocycles. The number of rotatable bonds is 5. The quantitative estimate of drug-likeness (QED) is 0.661. The summed E-state index contributed by atoms with van der Waals surface area (Å²) in [4.78, 5) is 38.5. The van der Waals surface area contributed by atoms with Crippen molar-refractivity contribution in [1.29, 1.82) is 0 Å². The number of likely N-dealkylation sites (tertiary alicyclic amines) is 1. The Morgan fingerprint density at radius 1 is 1.31 bits per heavy atom. The Balaban J connectivity index is 1.56. The highest BCUT2D eigenvalue weighted by Crippen LogP contribution is 2.32. The molecule has 1 fully saturated rings. The molecule has 0 spiro atoms. The van der Waals surface area contributed by atoms with Crippen LogP contribution in [0.1, 0.15) is 42.1 Å². The van der Waals surface area contributed by atoms with Crippen LogP contribution in [0.4, 0.5) is 27.9 Å². The fraction of sp³-hybridized carbons (Fsp3) is 0.478. The molecule has 32 heavy (non-hydrogen) atoms. The summed E-state index contributed by atoms with van der Waals surface area (Å²) >= 11 is 0. The molecule has 0 radical (unpaired) electrons. The summed E-state index contributed by atoms with van der Waals surface area (Å²) in [6, 6.07) is 5.63. The zero-order chi connectivity index (χ0) is 22.7. The molecule has 2 amide bonds. The van der Waals surface area contributed by atoms with Crippen molar-refractivity contribution in [3.05, 3.63) is 35.5 Å². The number of fused-ring (bicyclic) bond motifs is 2. The van der Waals surface area contributed by atoms with Crippen LogP contribution in [-0.2, 0) is 6.42 Å². The second-order valence-electron chi connectivity index (χ2n) is 8.56. The summed E-state index contributed by atoms with van der Waals surface area (Å²) in [6.45, 7) is 4.71. The SMILES string of the molecule is CCCNC(=O)Nc1ccc2c(c1)Nc1nc(N(C)C3CCN(C)CC3)ncc1C(=O)C2. The third-order valence-electron chi connectivity index (χ3n) is 6.14. The maximum Gasteiger partial charge on any atom is 0.319 e. The van der Waals surface area contributed by atoms with Crippen molar-refractivity contribution < 1.29 is 9.59 Å². The van der Waals surface area contributed by atoms with Gasteiger partial charge in [0.2, 0.25) is 5.95 Å². The summed E-state index contributed by atoms with van der Waals surface area (Å²) in [5, 5.41) is 8.95. The van der Waals surface area contributed by atoms with Crippen LogP contribution in [0, 0.1) is 0 Å². The second kappa shape index (κ2) is 9.52. The Kier molecular flexibility index (Phi) is 6.55. The van der Waals surface area contributed by atoms with Gasteiger partial charge in [-0.05, 0) is 57.1 Å². The van der Waals surface area contributed by atoms with Crippen molar-refractivity contribution in [3.63, 3.8) is 0 Å². The van der Waals surface area contributed by atoms with Crippen molar-refractivity contribution in [1.82, 2.24) is 20.2 Å². The van der Waals surface area contributed by atoms with E-state index in [1.54, 1.807) is 12.3 Å². The van der Waals surface area contributed by atoms with Crippen molar-refractivity contribution in [2.24, 2.45) is 0 Å². The highest BCUT2D eigenvalue weighted by molar-refractivity contribution is 6.04. The zero-order valence-corrected chi connectivity index (χ0v) is 18.9. The molecule has 170 valence electrons. The normalized spacial score (nSPS) is 16.4. The molecule has 2 aliphatic rings. The lowest BCUT2D eigenvalue weighted by Crippen LogP contribution is -2.42. The van der Waals surface area contributed by atoms with Crippen LogP contribution in [0.3, 0.4) is 0 Å². The molecule has 0 bridgehead atoms. The Bertz CT molecular complexity index is 1000. The van der Waals surface area contributed by atoms with Gasteiger partial charge in [0, 0.05) is 43.6 Å². The minimum absolute atomic E-state index is 0.0267. The lowest BCUT2D eigenvalue weighted by molar-refractivity contribution is 0.0994. The number of carbonyl (C=O) groups excluding carboxylic acids is 2. The fourth-order valence-electron chi connectivity index (χ4n) is 4.12. The first-order chi connectivity index (χ1) is 15.4. The number of ketones is 1. The number of hydrogen-bond acceptors (Lipinski definition) is 7. The molecule has 9 nitrogen and oxygen atoms in total. The number of piperidine rings is 1. The molecular formula is C23H31N7O2. The molecule has 0 aliphatic carbocycles. The first kappa shape index (κ1) is 22.0. The Morgan fingerprint density at radius 2 is 2.09 bits per heavy atom. The Hall–Kier alpha value is -3.20. The van der Waals surface area contributed by atoms with Gasteiger partial charge in [-0.25, -0.2) is 9.78 Å². The zero-order valence-electron chi connectivity index (χ0n) is 18.9. The minimum atomic E-state index is -0.249. The molecule has 2 aliphatic heterocycles. The standard InChI is InChI=1S/C23H31N7O2/c1-4-9-24-23(32)26-16-6-5-15-12-20(31)18-14-25-22(28-21(18)27-19(15)13-16)30(3)17-7-10-29(2)11-8-17/h5-6,13-14,17H,4,7-12H2,1-3H3,(H2,24,26,32)(H,25,27,28). The summed E-state index contributed by atoms with van der Waals surface area (Å²) in [6.07, 6.45) is 4.86. The average molecular weight is 438 g/mol. The third-order valence-corrected chi connectivity index (χ3v) is 6.14. The van der Waals surface area contributed by atoms with Crippen LogP contribution in [0.5, 0.6) is 0 Å². The van der Waals surface area contributed by atoms with E-state index < -0.39 is 0 Å². The van der Waals surface area contributed by atoms with E-state index in [2.05, 4.69) is 37.8 Å². The smallest absolute Gasteiger partial charge is 0.319 e. The van der Waals surface area contributed by atoms with E-state index in [1.807, 2.05) is 26.1 Å². The topological polar surface area (TPSA) is 102 Å². The van der Waals surface area contributed by atoms with E-state index in [1.165, 1.54) is 0 Å². The van der Waals surface area contributed by atoms with Crippen LogP contribution in [0.2, 0.25) is 0 Å². The van der Waals surface area contributed by atoms with Gasteiger partial charge >= 0.3 is 6.03 Å². The van der Waals surface area contributed by atoms with Gasteiger partial charge in [0.1, 0.15) is 5.82 Å². The molecule has 1 saturated heterocycles. The third kappa shape index (κ3) is 4.83. The number of amides is 2. The number of hydrogen-bond donors (Lipinski definition) is 3. The number of benzene rings is 1. The number of Topliss-reactive ketones (excluding diaryl/α,β-unsaturated/α-hetero) is 1. The average Bonchev–Trinajstić information content (AvgIpc) is 2.92. The van der Waals surface area contributed by atoms with Crippen molar-refractivity contribution in [3.8, 4) is 0 Å². The van der Waals surface area contributed by atoms with E-state index in [0.717, 1.165) is 43.6 Å². The minimum Gasteiger partial charge on any atom is -0.341 e. The Morgan fingerprint density at radius 3 is 2.84 bits per heavy atom. The number of carbonyl (C=O) groups is 2. The predicted molar refractivity (Wildman–Crippen MR) is 126 cm³/mol. The Labute approximate surface area is 188 Å². The first-order valence-corrected chi connectivity index (χ1v) is 11.2. The number of urea groups is 1. The molecule has 4 rings (SSSR count). The lowest BCUT2D eigenvalue weighted by Gasteiger charge is -2.35. The van der Waals surface area contributed by atoms with Crippen LogP contribution >= 0.6 is 0 Å². The first-order valence-electron chi connectivity index (χ1n) is 11.2. The molecule has 0 unspecified atom stereocenters. The molecule has 0 saturated carbocycles. The molecule has 3 heterocycles. The van der Waals surface area contributed by atoms with Gasteiger partial charge in [0.25, 0.3) is 0 Å². The van der Waals surface area contributed by atoms with Gasteiger partial charge in [0.15, 0.2) is 5.78 Å². The van der Waals surface area contributed by atoms with Crippen LogP contribution in [0.25, 0.3) is 0 Å². The maximum atomic E-state index is 12.8. The summed E-state index contributed by atoms with van der Waals surface area (Å²) in [7, 11) is 4.15. The van der Waals surface area contributed by atoms with Gasteiger partial charge in [-0.3, -0.25) is 4.79 Å². The number of nitrogens with zero attached hydrogens (tertiary/aromatic N) is 4. The van der Waals surface area contributed by atoms with Crippen molar-refractivity contribution >= 4 is 35.0 Å². The molecule has 1 aromatic heterocycles. The summed E-state index contributed by atoms with van der Waals surface area (Å²) < 4.78 is 0. The van der Waals surface area contributed by atoms with Gasteiger partial charge in [0.05, 0.1) is 5.56 Å². The predicted octanol–water partition coefficient (Wildman–Crippen LogP) is 3.02. The van der Waals surface area contributed by atoms with Gasteiger partial charge in [-0.1, -0.05) is 13.0 Å². The van der Waals surface area contributed by atoms with E-state index >= 15 is 0 Å². The highest BCUT2D eigenvalue weighted by atomic mass is 16.2. The summed E-state index contributed by atoms with van der Waals surface area (Å²) in [5.74, 6) is 1.09. The van der Waals surface area contributed by atoms with E-state index in [9.17, 15) is 9.59 Å². The van der Waals surface area contributed by atoms with E-state index in [0.29, 0.717) is 35.6 Å². The van der Waals surface area contributed by atoms with Crippen molar-refractivity contribution in [2.45, 2.75) is 38.6 Å². The van der Waals surface area contributed by atoms with E-state index in [-0.39, 0.29) is 18.2 Å². The van der Waals surface area contributed by atoms with Crippen LogP contribution < -0.4 is 20.9 Å². The largest absolute Gasteiger partial charge is 0.341 e. The van der Waals surface area contributed by atoms with Gasteiger partial charge in [-0.2, -0.15) is 4.98 Å². The van der Waals surface area contributed by atoms with Crippen LogP contribution in [-0.4, -0.2) is 66.5 Å². The monoisotopic (exact) mass is 437 g/mol. The second-order valence-corrected chi connectivity index (χ2v) is 8.56. The molecule has 3 N–H and O–H groups in total. The highest BCUT2D eigenvalue weighted by Gasteiger charge is 2.26. The molecule has 9 heteroatoms. The van der Waals surface area contributed by atoms with Gasteiger partial charge in [-0.15, -0.1) is 0 Å².